The molecular weight excluding hydrogens is 332 g/mol. The molecule has 0 aliphatic rings. The summed E-state index contributed by atoms with van der Waals surface area (Å²) in [5, 5.41) is 19.0. The van der Waals surface area contributed by atoms with E-state index in [1.807, 2.05) is 0 Å². The first kappa shape index (κ1) is 18.3. The van der Waals surface area contributed by atoms with Crippen LogP contribution in [0.15, 0.2) is 29.8 Å². The Morgan fingerprint density at radius 1 is 1.22 bits per heavy atom. The van der Waals surface area contributed by atoms with E-state index in [0.29, 0.717) is 0 Å². The third kappa shape index (κ3) is 4.91. The van der Waals surface area contributed by atoms with E-state index in [4.69, 9.17) is 5.26 Å². The number of nitriles is 1. The number of carboxylic acids is 1. The molecular formula is C13H6F6NO3-. The second-order valence-electron chi connectivity index (χ2n) is 4.09. The van der Waals surface area contributed by atoms with E-state index in [1.165, 1.54) is 6.07 Å². The van der Waals surface area contributed by atoms with Crippen molar-refractivity contribution in [3.8, 4) is 11.8 Å². The summed E-state index contributed by atoms with van der Waals surface area (Å²) < 4.78 is 78.2. The van der Waals surface area contributed by atoms with Crippen molar-refractivity contribution in [2.24, 2.45) is 0 Å². The third-order valence-electron chi connectivity index (χ3n) is 2.37. The minimum absolute atomic E-state index is 0.0500. The van der Waals surface area contributed by atoms with Crippen LogP contribution in [0.2, 0.25) is 0 Å². The SMILES string of the molecule is N#C/C(=C\c1ccc(OC(F)(F)[C@@H](F)C(F)(F)F)cc1)C(=O)[O-]. The van der Waals surface area contributed by atoms with Gasteiger partial charge in [-0.1, -0.05) is 12.1 Å². The molecule has 0 saturated carbocycles. The number of alkyl halides is 6. The number of nitrogens with zero attached hydrogens (tertiary/aromatic N) is 1. The van der Waals surface area contributed by atoms with Crippen molar-refractivity contribution in [2.45, 2.75) is 18.5 Å². The normalized spacial score (nSPS) is 14.0. The Kier molecular flexibility index (Phi) is 5.26. The lowest BCUT2D eigenvalue weighted by Gasteiger charge is -2.23. The van der Waals surface area contributed by atoms with Crippen LogP contribution in [0.4, 0.5) is 26.3 Å². The van der Waals surface area contributed by atoms with Gasteiger partial charge in [0.05, 0.1) is 11.5 Å². The van der Waals surface area contributed by atoms with Crippen molar-refractivity contribution in [3.63, 3.8) is 0 Å². The second kappa shape index (κ2) is 6.60. The van der Waals surface area contributed by atoms with Gasteiger partial charge in [0.15, 0.2) is 0 Å². The standard InChI is InChI=1S/C13H7F6NO3/c14-11(12(15,16)17)13(18,19)23-9-3-1-7(2-4-9)5-8(6-20)10(21)22/h1-5,11H,(H,21,22)/p-1/b8-5+/t11-/m0/s1. The summed E-state index contributed by atoms with van der Waals surface area (Å²) in [7, 11) is 0. The Morgan fingerprint density at radius 3 is 2.13 bits per heavy atom. The first-order valence-corrected chi connectivity index (χ1v) is 5.68. The van der Waals surface area contributed by atoms with Gasteiger partial charge in [0.1, 0.15) is 11.8 Å². The number of aliphatic carboxylic acids is 1. The maximum absolute atomic E-state index is 13.0. The van der Waals surface area contributed by atoms with Gasteiger partial charge in [0.25, 0.3) is 6.17 Å². The molecule has 1 aromatic rings. The fraction of sp³-hybridized carbons (Fsp3) is 0.231. The maximum Gasteiger partial charge on any atom is 0.439 e. The minimum atomic E-state index is -5.80. The Morgan fingerprint density at radius 2 is 1.74 bits per heavy atom. The molecule has 0 unspecified atom stereocenters. The predicted molar refractivity (Wildman–Crippen MR) is 61.6 cm³/mol. The highest BCUT2D eigenvalue weighted by Crippen LogP contribution is 2.36. The van der Waals surface area contributed by atoms with E-state index in [9.17, 15) is 36.2 Å². The third-order valence-corrected chi connectivity index (χ3v) is 2.37. The van der Waals surface area contributed by atoms with Gasteiger partial charge in [-0.2, -0.15) is 27.2 Å². The zero-order valence-electron chi connectivity index (χ0n) is 10.9. The number of hydrogen-bond donors (Lipinski definition) is 0. The van der Waals surface area contributed by atoms with Crippen LogP contribution in [0.5, 0.6) is 5.75 Å². The highest BCUT2D eigenvalue weighted by atomic mass is 19.4. The lowest BCUT2D eigenvalue weighted by molar-refractivity contribution is -0.305. The second-order valence-corrected chi connectivity index (χ2v) is 4.09. The summed E-state index contributed by atoms with van der Waals surface area (Å²) in [6.07, 6.45) is -14.6. The number of rotatable bonds is 5. The van der Waals surface area contributed by atoms with Crippen LogP contribution < -0.4 is 9.84 Å². The molecule has 23 heavy (non-hydrogen) atoms. The summed E-state index contributed by atoms with van der Waals surface area (Å²) in [6.45, 7) is 0. The van der Waals surface area contributed by atoms with Crippen molar-refractivity contribution >= 4 is 12.0 Å². The molecule has 0 aliphatic heterocycles. The lowest BCUT2D eigenvalue weighted by atomic mass is 10.1. The minimum Gasteiger partial charge on any atom is -0.544 e. The average Bonchev–Trinajstić information content (AvgIpc) is 2.44. The van der Waals surface area contributed by atoms with Gasteiger partial charge in [-0.3, -0.25) is 0 Å². The fourth-order valence-electron chi connectivity index (χ4n) is 1.34. The molecule has 124 valence electrons. The van der Waals surface area contributed by atoms with Crippen molar-refractivity contribution in [1.82, 2.24) is 0 Å². The Hall–Kier alpha value is -2.70. The van der Waals surface area contributed by atoms with Crippen molar-refractivity contribution in [3.05, 3.63) is 35.4 Å². The molecule has 0 bridgehead atoms. The van der Waals surface area contributed by atoms with Crippen molar-refractivity contribution < 1.29 is 41.0 Å². The summed E-state index contributed by atoms with van der Waals surface area (Å²) in [4.78, 5) is 10.5. The summed E-state index contributed by atoms with van der Waals surface area (Å²) in [5.41, 5.74) is -0.709. The van der Waals surface area contributed by atoms with Crippen molar-refractivity contribution in [1.29, 1.82) is 5.26 Å². The van der Waals surface area contributed by atoms with E-state index >= 15 is 0 Å². The average molecular weight is 338 g/mol. The van der Waals surface area contributed by atoms with E-state index in [0.717, 1.165) is 30.3 Å². The molecule has 10 heteroatoms. The first-order chi connectivity index (χ1) is 10.5. The van der Waals surface area contributed by atoms with Crippen LogP contribution in [-0.4, -0.2) is 24.4 Å². The molecule has 0 spiro atoms. The van der Waals surface area contributed by atoms with Gasteiger partial charge in [0, 0.05) is 0 Å². The quantitative estimate of drug-likeness (QED) is 0.469. The van der Waals surface area contributed by atoms with Crippen LogP contribution in [0.1, 0.15) is 5.56 Å². The van der Waals surface area contributed by atoms with Crippen LogP contribution in [-0.2, 0) is 4.79 Å². The van der Waals surface area contributed by atoms with Gasteiger partial charge in [-0.15, -0.1) is 0 Å². The smallest absolute Gasteiger partial charge is 0.439 e. The lowest BCUT2D eigenvalue weighted by Crippen LogP contribution is -2.45. The molecule has 0 N–H and O–H groups in total. The number of carboxylic acid groups (broad SMARTS) is 1. The largest absolute Gasteiger partial charge is 0.544 e. The molecule has 0 radical (unpaired) electrons. The van der Waals surface area contributed by atoms with Crippen LogP contribution in [0.3, 0.4) is 0 Å². The fourth-order valence-corrected chi connectivity index (χ4v) is 1.34. The number of carbonyl (C=O) groups is 1. The van der Waals surface area contributed by atoms with Crippen molar-refractivity contribution in [2.75, 3.05) is 0 Å². The Labute approximate surface area is 125 Å². The summed E-state index contributed by atoms with van der Waals surface area (Å²) >= 11 is 0. The Bertz CT molecular complexity index is 645. The number of hydrogen-bond acceptors (Lipinski definition) is 4. The number of halogens is 6. The van der Waals surface area contributed by atoms with E-state index in [2.05, 4.69) is 4.74 Å². The summed E-state index contributed by atoms with van der Waals surface area (Å²) in [6, 6.07) is 4.78. The van der Waals surface area contributed by atoms with Gasteiger partial charge < -0.3 is 14.6 Å². The van der Waals surface area contributed by atoms with Gasteiger partial charge in [-0.05, 0) is 23.8 Å². The molecule has 4 nitrogen and oxygen atoms in total. The monoisotopic (exact) mass is 338 g/mol. The van der Waals surface area contributed by atoms with E-state index < -0.39 is 35.7 Å². The van der Waals surface area contributed by atoms with Gasteiger partial charge in [-0.25, -0.2) is 4.39 Å². The van der Waals surface area contributed by atoms with Crippen LogP contribution >= 0.6 is 0 Å². The number of benzene rings is 1. The van der Waals surface area contributed by atoms with Gasteiger partial charge in [0.2, 0.25) is 0 Å². The molecule has 1 rings (SSSR count). The predicted octanol–water partition coefficient (Wildman–Crippen LogP) is 2.22. The highest BCUT2D eigenvalue weighted by Gasteiger charge is 2.59. The molecule has 0 aromatic heterocycles. The zero-order chi connectivity index (χ0) is 17.8. The molecule has 0 amide bonds. The molecule has 0 saturated heterocycles. The Balaban J connectivity index is 2.94. The van der Waals surface area contributed by atoms with E-state index in [-0.39, 0.29) is 5.56 Å². The van der Waals surface area contributed by atoms with Gasteiger partial charge >= 0.3 is 12.3 Å². The topological polar surface area (TPSA) is 73.1 Å². The maximum atomic E-state index is 13.0. The molecule has 1 aromatic carbocycles. The molecule has 0 fully saturated rings. The molecule has 1 atom stereocenters. The number of ether oxygens (including phenoxy) is 1. The van der Waals surface area contributed by atoms with Crippen LogP contribution in [0, 0.1) is 11.3 Å². The zero-order valence-corrected chi connectivity index (χ0v) is 10.9. The number of carbonyl (C=O) groups excluding carboxylic acids is 1. The van der Waals surface area contributed by atoms with Crippen LogP contribution in [0.25, 0.3) is 6.08 Å². The molecule has 0 heterocycles. The summed E-state index contributed by atoms with van der Waals surface area (Å²) in [5.74, 6) is -2.56. The van der Waals surface area contributed by atoms with E-state index in [1.54, 1.807) is 0 Å². The molecule has 0 aliphatic carbocycles. The first-order valence-electron chi connectivity index (χ1n) is 5.68. The highest BCUT2D eigenvalue weighted by molar-refractivity contribution is 5.95.